The summed E-state index contributed by atoms with van der Waals surface area (Å²) in [6.45, 7) is 2.81. The molecule has 0 aromatic carbocycles. The van der Waals surface area contributed by atoms with E-state index in [1.54, 1.807) is 11.3 Å². The standard InChI is InChI=1S/C15H23N3OS/c19-14(4-1-11-5-7-16-8-6-11)17-9-15-18-13(10-20-15)12-2-3-12/h10-12,16H,1-9H2,(H,17,19). The summed E-state index contributed by atoms with van der Waals surface area (Å²) in [5.41, 5.74) is 1.23. The summed E-state index contributed by atoms with van der Waals surface area (Å²) >= 11 is 1.67. The molecule has 1 aromatic rings. The fraction of sp³-hybridized carbons (Fsp3) is 0.733. The van der Waals surface area contributed by atoms with Crippen molar-refractivity contribution >= 4 is 17.2 Å². The van der Waals surface area contributed by atoms with Crippen molar-refractivity contribution < 1.29 is 4.79 Å². The molecule has 110 valence electrons. The summed E-state index contributed by atoms with van der Waals surface area (Å²) in [5.74, 6) is 1.60. The lowest BCUT2D eigenvalue weighted by Gasteiger charge is -2.22. The molecule has 4 nitrogen and oxygen atoms in total. The zero-order valence-corrected chi connectivity index (χ0v) is 12.7. The Bertz CT molecular complexity index is 450. The summed E-state index contributed by atoms with van der Waals surface area (Å²) in [5, 5.41) is 9.55. The third-order valence-electron chi connectivity index (χ3n) is 4.24. The Morgan fingerprint density at radius 2 is 2.15 bits per heavy atom. The average Bonchev–Trinajstić information content (AvgIpc) is 3.23. The SMILES string of the molecule is O=C(CCC1CCNCC1)NCc1nc(C2CC2)cs1. The second kappa shape index (κ2) is 6.68. The van der Waals surface area contributed by atoms with Crippen LogP contribution in [0.3, 0.4) is 0 Å². The molecule has 0 unspecified atom stereocenters. The lowest BCUT2D eigenvalue weighted by Crippen LogP contribution is -2.29. The van der Waals surface area contributed by atoms with E-state index in [1.165, 1.54) is 31.4 Å². The molecule has 1 aliphatic carbocycles. The van der Waals surface area contributed by atoms with Gasteiger partial charge < -0.3 is 10.6 Å². The highest BCUT2D eigenvalue weighted by atomic mass is 32.1. The number of aromatic nitrogens is 1. The van der Waals surface area contributed by atoms with E-state index >= 15 is 0 Å². The fourth-order valence-corrected chi connectivity index (χ4v) is 3.56. The molecule has 0 bridgehead atoms. The predicted octanol–water partition coefficient (Wildman–Crippen LogP) is 2.42. The molecule has 2 fully saturated rings. The predicted molar refractivity (Wildman–Crippen MR) is 80.8 cm³/mol. The smallest absolute Gasteiger partial charge is 0.220 e. The molecule has 2 N–H and O–H groups in total. The van der Waals surface area contributed by atoms with Crippen LogP contribution in [0.2, 0.25) is 0 Å². The number of amides is 1. The molecule has 0 radical (unpaired) electrons. The zero-order chi connectivity index (χ0) is 13.8. The Labute approximate surface area is 124 Å². The second-order valence-electron chi connectivity index (χ2n) is 5.95. The highest BCUT2D eigenvalue weighted by Gasteiger charge is 2.26. The molecule has 1 aromatic heterocycles. The summed E-state index contributed by atoms with van der Waals surface area (Å²) in [7, 11) is 0. The second-order valence-corrected chi connectivity index (χ2v) is 6.89. The van der Waals surface area contributed by atoms with E-state index in [9.17, 15) is 4.79 Å². The van der Waals surface area contributed by atoms with E-state index in [2.05, 4.69) is 21.0 Å². The first-order valence-corrected chi connectivity index (χ1v) is 8.61. The molecular weight excluding hydrogens is 270 g/mol. The van der Waals surface area contributed by atoms with Crippen molar-refractivity contribution in [3.05, 3.63) is 16.1 Å². The van der Waals surface area contributed by atoms with Crippen molar-refractivity contribution in [3.63, 3.8) is 0 Å². The summed E-state index contributed by atoms with van der Waals surface area (Å²) in [6, 6.07) is 0. The molecule has 1 amide bonds. The van der Waals surface area contributed by atoms with E-state index in [0.717, 1.165) is 30.4 Å². The molecule has 0 spiro atoms. The first-order chi connectivity index (χ1) is 9.81. The summed E-state index contributed by atoms with van der Waals surface area (Å²) < 4.78 is 0. The Balaban J connectivity index is 1.35. The van der Waals surface area contributed by atoms with E-state index in [-0.39, 0.29) is 5.91 Å². The zero-order valence-electron chi connectivity index (χ0n) is 11.9. The van der Waals surface area contributed by atoms with Gasteiger partial charge in [-0.05, 0) is 51.1 Å². The van der Waals surface area contributed by atoms with Gasteiger partial charge in [-0.3, -0.25) is 4.79 Å². The minimum absolute atomic E-state index is 0.173. The van der Waals surface area contributed by atoms with E-state index < -0.39 is 0 Å². The fourth-order valence-electron chi connectivity index (χ4n) is 2.74. The number of thiazole rings is 1. The van der Waals surface area contributed by atoms with Crippen molar-refractivity contribution in [2.24, 2.45) is 5.92 Å². The molecule has 2 heterocycles. The van der Waals surface area contributed by atoms with Crippen LogP contribution in [0, 0.1) is 5.92 Å². The van der Waals surface area contributed by atoms with Gasteiger partial charge in [0.15, 0.2) is 0 Å². The van der Waals surface area contributed by atoms with Crippen molar-refractivity contribution in [1.29, 1.82) is 0 Å². The Morgan fingerprint density at radius 1 is 1.35 bits per heavy atom. The summed E-state index contributed by atoms with van der Waals surface area (Å²) in [4.78, 5) is 16.5. The van der Waals surface area contributed by atoms with Crippen molar-refractivity contribution in [1.82, 2.24) is 15.6 Å². The first kappa shape index (κ1) is 14.0. The van der Waals surface area contributed by atoms with Gasteiger partial charge >= 0.3 is 0 Å². The number of rotatable bonds is 6. The first-order valence-electron chi connectivity index (χ1n) is 7.73. The lowest BCUT2D eigenvalue weighted by atomic mass is 9.93. The van der Waals surface area contributed by atoms with E-state index in [1.807, 2.05) is 0 Å². The third kappa shape index (κ3) is 4.03. The van der Waals surface area contributed by atoms with Crippen LogP contribution in [-0.2, 0) is 11.3 Å². The Kier molecular flexibility index (Phi) is 4.68. The number of nitrogens with zero attached hydrogens (tertiary/aromatic N) is 1. The summed E-state index contributed by atoms with van der Waals surface area (Å²) in [6.07, 6.45) is 6.68. The number of hydrogen-bond acceptors (Lipinski definition) is 4. The number of carbonyl (C=O) groups is 1. The van der Waals surface area contributed by atoms with Crippen LogP contribution < -0.4 is 10.6 Å². The topological polar surface area (TPSA) is 54.0 Å². The molecule has 1 saturated heterocycles. The van der Waals surface area contributed by atoms with Gasteiger partial charge in [0, 0.05) is 17.7 Å². The van der Waals surface area contributed by atoms with Gasteiger partial charge in [0.25, 0.3) is 0 Å². The number of nitrogens with one attached hydrogen (secondary N) is 2. The van der Waals surface area contributed by atoms with Crippen molar-refractivity contribution in [2.45, 2.75) is 51.0 Å². The molecule has 1 aliphatic heterocycles. The van der Waals surface area contributed by atoms with E-state index in [4.69, 9.17) is 0 Å². The van der Waals surface area contributed by atoms with E-state index in [0.29, 0.717) is 18.9 Å². The van der Waals surface area contributed by atoms with Crippen LogP contribution in [0.4, 0.5) is 0 Å². The molecule has 5 heteroatoms. The Hall–Kier alpha value is -0.940. The molecule has 1 saturated carbocycles. The van der Waals surface area contributed by atoms with Crippen LogP contribution in [-0.4, -0.2) is 24.0 Å². The van der Waals surface area contributed by atoms with Gasteiger partial charge in [0.05, 0.1) is 12.2 Å². The maximum absolute atomic E-state index is 11.9. The van der Waals surface area contributed by atoms with Crippen LogP contribution in [0.25, 0.3) is 0 Å². The molecule has 20 heavy (non-hydrogen) atoms. The van der Waals surface area contributed by atoms with Gasteiger partial charge in [-0.2, -0.15) is 0 Å². The van der Waals surface area contributed by atoms with Crippen LogP contribution in [0.5, 0.6) is 0 Å². The number of hydrogen-bond donors (Lipinski definition) is 2. The largest absolute Gasteiger partial charge is 0.350 e. The van der Waals surface area contributed by atoms with Crippen LogP contribution >= 0.6 is 11.3 Å². The number of carbonyl (C=O) groups excluding carboxylic acids is 1. The third-order valence-corrected chi connectivity index (χ3v) is 5.11. The average molecular weight is 293 g/mol. The quantitative estimate of drug-likeness (QED) is 0.847. The van der Waals surface area contributed by atoms with Crippen molar-refractivity contribution in [2.75, 3.05) is 13.1 Å². The molecule has 0 atom stereocenters. The van der Waals surface area contributed by atoms with Crippen LogP contribution in [0.1, 0.15) is 55.1 Å². The van der Waals surface area contributed by atoms with Gasteiger partial charge in [-0.25, -0.2) is 4.98 Å². The van der Waals surface area contributed by atoms with Gasteiger partial charge in [0.2, 0.25) is 5.91 Å². The highest BCUT2D eigenvalue weighted by molar-refractivity contribution is 7.09. The maximum Gasteiger partial charge on any atom is 0.220 e. The molecule has 2 aliphatic rings. The highest BCUT2D eigenvalue weighted by Crippen LogP contribution is 2.40. The molecular formula is C15H23N3OS. The monoisotopic (exact) mass is 293 g/mol. The lowest BCUT2D eigenvalue weighted by molar-refractivity contribution is -0.121. The van der Waals surface area contributed by atoms with Gasteiger partial charge in [-0.15, -0.1) is 11.3 Å². The van der Waals surface area contributed by atoms with Crippen molar-refractivity contribution in [3.8, 4) is 0 Å². The molecule has 3 rings (SSSR count). The van der Waals surface area contributed by atoms with Gasteiger partial charge in [0.1, 0.15) is 5.01 Å². The van der Waals surface area contributed by atoms with Crippen LogP contribution in [0.15, 0.2) is 5.38 Å². The normalized spacial score (nSPS) is 20.0. The minimum Gasteiger partial charge on any atom is -0.350 e. The minimum atomic E-state index is 0.173. The number of piperidine rings is 1. The Morgan fingerprint density at radius 3 is 2.90 bits per heavy atom. The maximum atomic E-state index is 11.9. The van der Waals surface area contributed by atoms with Gasteiger partial charge in [-0.1, -0.05) is 0 Å².